The molecule has 0 bridgehead atoms. The molecule has 0 aliphatic heterocycles. The molecule has 2 nitrogen and oxygen atoms in total. The maximum atomic E-state index is 3.44. The Morgan fingerprint density at radius 3 is 1.60 bits per heavy atom. The number of rotatable bonds is 0. The molecule has 0 atom stereocenters. The van der Waals surface area contributed by atoms with Crippen molar-refractivity contribution in [3.63, 3.8) is 0 Å². The second kappa shape index (κ2) is 3.38. The Morgan fingerprint density at radius 2 is 1.60 bits per heavy atom. The van der Waals surface area contributed by atoms with Gasteiger partial charge in [-0.15, -0.1) is 0 Å². The van der Waals surface area contributed by atoms with Gasteiger partial charge in [0.1, 0.15) is 0 Å². The van der Waals surface area contributed by atoms with Gasteiger partial charge in [-0.25, -0.2) is 9.98 Å². The van der Waals surface area contributed by atoms with Crippen LogP contribution in [0.1, 0.15) is 0 Å². The van der Waals surface area contributed by atoms with Crippen LogP contribution in [0, 0.1) is 0 Å². The number of hydrogen-bond donors (Lipinski definition) is 0. The zero-order valence-corrected chi connectivity index (χ0v) is 3.39. The summed E-state index contributed by atoms with van der Waals surface area (Å²) < 4.78 is 0. The quantitative estimate of drug-likeness (QED) is 0.369. The molecule has 0 rings (SSSR count). The monoisotopic (exact) mass is 70.1 g/mol. The summed E-state index contributed by atoms with van der Waals surface area (Å²) in [6.45, 7) is 0. The first kappa shape index (κ1) is 4.38. The molecule has 0 radical (unpaired) electrons. The molecule has 0 spiro atoms. The van der Waals surface area contributed by atoms with E-state index in [1.165, 1.54) is 0 Å². The van der Waals surface area contributed by atoms with Crippen molar-refractivity contribution in [2.75, 3.05) is 14.1 Å². The van der Waals surface area contributed by atoms with E-state index in [-0.39, 0.29) is 0 Å². The molecule has 0 fully saturated rings. The van der Waals surface area contributed by atoms with Crippen LogP contribution in [0.25, 0.3) is 0 Å². The molecule has 0 aliphatic rings. The molecule has 0 aromatic heterocycles. The second-order valence-electron chi connectivity index (χ2n) is 0.547. The fraction of sp³-hybridized carbons (Fsp3) is 0.667. The summed E-state index contributed by atoms with van der Waals surface area (Å²) >= 11 is 0. The predicted molar refractivity (Wildman–Crippen MR) is 21.7 cm³/mol. The molecule has 2 heteroatoms. The molecule has 0 aromatic rings. The van der Waals surface area contributed by atoms with Crippen molar-refractivity contribution in [2.24, 2.45) is 9.98 Å². The Bertz CT molecular complexity index is 53.3. The highest BCUT2D eigenvalue weighted by Crippen LogP contribution is 1.40. The van der Waals surface area contributed by atoms with E-state index in [0.29, 0.717) is 0 Å². The van der Waals surface area contributed by atoms with Gasteiger partial charge in [0.05, 0.1) is 6.01 Å². The Hall–Kier alpha value is -0.620. The fourth-order valence-electron chi connectivity index (χ4n) is 0.100. The fourth-order valence-corrected chi connectivity index (χ4v) is 0.100. The first-order chi connectivity index (χ1) is 2.41. The van der Waals surface area contributed by atoms with Gasteiger partial charge < -0.3 is 0 Å². The largest absolute Gasteiger partial charge is 0.229 e. The summed E-state index contributed by atoms with van der Waals surface area (Å²) in [5, 5.41) is 0. The Balaban J connectivity index is 3.26. The summed E-state index contributed by atoms with van der Waals surface area (Å²) in [6.07, 6.45) is 0. The average Bonchev–Trinajstić information content (AvgIpc) is 1.41. The highest BCUT2D eigenvalue weighted by Gasteiger charge is 1.34. The van der Waals surface area contributed by atoms with Crippen molar-refractivity contribution in [2.45, 2.75) is 0 Å². The van der Waals surface area contributed by atoms with Gasteiger partial charge in [-0.05, 0) is 0 Å². The van der Waals surface area contributed by atoms with E-state index < -0.39 is 0 Å². The van der Waals surface area contributed by atoms with E-state index in [4.69, 9.17) is 0 Å². The average molecular weight is 70.1 g/mol. The first-order valence-electron chi connectivity index (χ1n) is 1.34. The Kier molecular flexibility index (Phi) is 2.96. The molecule has 0 saturated heterocycles. The number of aliphatic imine (C=N–C) groups is 2. The van der Waals surface area contributed by atoms with E-state index in [1.54, 1.807) is 14.1 Å². The van der Waals surface area contributed by atoms with Crippen LogP contribution >= 0.6 is 0 Å². The lowest BCUT2D eigenvalue weighted by Crippen LogP contribution is -1.46. The topological polar surface area (TPSA) is 24.7 Å². The van der Waals surface area contributed by atoms with E-state index in [1.807, 2.05) is 0 Å². The van der Waals surface area contributed by atoms with Crippen LogP contribution in [0.2, 0.25) is 0 Å². The lowest BCUT2D eigenvalue weighted by molar-refractivity contribution is 1.41. The summed E-state index contributed by atoms with van der Waals surface area (Å²) in [5.41, 5.74) is 0. The molecular formula is C3H6N2. The highest BCUT2D eigenvalue weighted by molar-refractivity contribution is 5.39. The minimum absolute atomic E-state index is 1.63. The molecule has 5 heavy (non-hydrogen) atoms. The summed E-state index contributed by atoms with van der Waals surface area (Å²) in [5.74, 6) is 0. The van der Waals surface area contributed by atoms with E-state index in [0.717, 1.165) is 0 Å². The molecule has 0 heterocycles. The van der Waals surface area contributed by atoms with Crippen LogP contribution in [-0.4, -0.2) is 20.1 Å². The maximum Gasteiger partial charge on any atom is 0.0886 e. The third-order valence-electron chi connectivity index (χ3n) is 0.200. The van der Waals surface area contributed by atoms with Crippen molar-refractivity contribution in [1.29, 1.82) is 0 Å². The lowest BCUT2D eigenvalue weighted by atomic mass is 11.3. The standard InChI is InChI=1S/C3H6N2/c1-4-3-5-2/h1-2H3. The van der Waals surface area contributed by atoms with Crippen molar-refractivity contribution >= 4 is 6.01 Å². The SMILES string of the molecule is CN=C=NC. The third kappa shape index (κ3) is 3.38. The van der Waals surface area contributed by atoms with Crippen LogP contribution in [-0.2, 0) is 0 Å². The van der Waals surface area contributed by atoms with Crippen LogP contribution in [0.15, 0.2) is 9.98 Å². The van der Waals surface area contributed by atoms with Gasteiger partial charge in [-0.3, -0.25) is 0 Å². The van der Waals surface area contributed by atoms with E-state index in [9.17, 15) is 0 Å². The van der Waals surface area contributed by atoms with Gasteiger partial charge in [0, 0.05) is 14.1 Å². The zero-order valence-electron chi connectivity index (χ0n) is 3.39. The van der Waals surface area contributed by atoms with Gasteiger partial charge in [-0.2, -0.15) is 0 Å². The van der Waals surface area contributed by atoms with Crippen molar-refractivity contribution < 1.29 is 0 Å². The molecule has 0 aliphatic carbocycles. The Labute approximate surface area is 31.3 Å². The van der Waals surface area contributed by atoms with Crippen LogP contribution < -0.4 is 0 Å². The summed E-state index contributed by atoms with van der Waals surface area (Å²) in [6, 6.07) is 2.36. The summed E-state index contributed by atoms with van der Waals surface area (Å²) in [7, 11) is 3.26. The molecule has 0 saturated carbocycles. The van der Waals surface area contributed by atoms with Gasteiger partial charge in [-0.1, -0.05) is 0 Å². The van der Waals surface area contributed by atoms with Crippen molar-refractivity contribution in [3.05, 3.63) is 0 Å². The van der Waals surface area contributed by atoms with Gasteiger partial charge in [0.25, 0.3) is 0 Å². The van der Waals surface area contributed by atoms with Crippen LogP contribution in [0.4, 0.5) is 0 Å². The minimum atomic E-state index is 1.63. The Morgan fingerprint density at radius 1 is 1.20 bits per heavy atom. The molecule has 0 N–H and O–H groups in total. The minimum Gasteiger partial charge on any atom is -0.229 e. The van der Waals surface area contributed by atoms with Gasteiger partial charge >= 0.3 is 0 Å². The smallest absolute Gasteiger partial charge is 0.0886 e. The summed E-state index contributed by atoms with van der Waals surface area (Å²) in [4.78, 5) is 6.88. The normalized spacial score (nSPS) is 5.20. The molecule has 0 aromatic carbocycles. The molecule has 0 unspecified atom stereocenters. The highest BCUT2D eigenvalue weighted by atomic mass is 14.7. The number of hydrogen-bond acceptors (Lipinski definition) is 2. The third-order valence-corrected chi connectivity index (χ3v) is 0.200. The zero-order chi connectivity index (χ0) is 4.12. The second-order valence-corrected chi connectivity index (χ2v) is 0.547. The molecule has 28 valence electrons. The van der Waals surface area contributed by atoms with Crippen LogP contribution in [0.3, 0.4) is 0 Å². The van der Waals surface area contributed by atoms with Crippen molar-refractivity contribution in [1.82, 2.24) is 0 Å². The van der Waals surface area contributed by atoms with Gasteiger partial charge in [0.2, 0.25) is 0 Å². The van der Waals surface area contributed by atoms with Crippen molar-refractivity contribution in [3.8, 4) is 0 Å². The van der Waals surface area contributed by atoms with Crippen LogP contribution in [0.5, 0.6) is 0 Å². The predicted octanol–water partition coefficient (Wildman–Crippen LogP) is 0.420. The maximum absolute atomic E-state index is 3.44. The lowest BCUT2D eigenvalue weighted by Gasteiger charge is -1.50. The molecule has 0 amide bonds. The van der Waals surface area contributed by atoms with Gasteiger partial charge in [0.15, 0.2) is 0 Å². The molecular weight excluding hydrogens is 64.0 g/mol. The van der Waals surface area contributed by atoms with E-state index >= 15 is 0 Å². The number of nitrogens with zero attached hydrogens (tertiary/aromatic N) is 2. The first-order valence-corrected chi connectivity index (χ1v) is 1.34. The van der Waals surface area contributed by atoms with E-state index in [2.05, 4.69) is 16.0 Å².